The maximum absolute atomic E-state index is 10.3. The van der Waals surface area contributed by atoms with E-state index in [2.05, 4.69) is 0 Å². The molecule has 27 heavy (non-hydrogen) atoms. The molecule has 0 amide bonds. The molecule has 8 nitrogen and oxygen atoms in total. The fraction of sp³-hybridized carbons (Fsp3) is 0.222. The summed E-state index contributed by atoms with van der Waals surface area (Å²) in [5.74, 6) is -2.25. The number of phenols is 2. The van der Waals surface area contributed by atoms with E-state index in [0.717, 1.165) is 11.1 Å². The summed E-state index contributed by atoms with van der Waals surface area (Å²) in [7, 11) is 0. The standard InChI is InChI=1S/2C9H11NO3.Ca/c2*10-8(9(12)13)5-6-1-3-7(11)4-2-6;/h2*1-4,8,11H,5,10H2,(H,12,13);/q;;+2/p-2/t2*8-;/m00./s1. The largest absolute Gasteiger partial charge is 2.00 e. The quantitative estimate of drug-likeness (QED) is 0.390. The monoisotopic (exact) mass is 400 g/mol. The van der Waals surface area contributed by atoms with Gasteiger partial charge in [-0.05, 0) is 48.2 Å². The van der Waals surface area contributed by atoms with Crippen molar-refractivity contribution in [2.75, 3.05) is 0 Å². The summed E-state index contributed by atoms with van der Waals surface area (Å²) in [6.45, 7) is 0. The summed E-state index contributed by atoms with van der Waals surface area (Å²) in [4.78, 5) is 20.6. The van der Waals surface area contributed by atoms with Crippen molar-refractivity contribution in [1.82, 2.24) is 0 Å². The molecule has 0 aliphatic heterocycles. The third-order valence-electron chi connectivity index (χ3n) is 3.39. The van der Waals surface area contributed by atoms with Gasteiger partial charge in [-0.1, -0.05) is 24.3 Å². The van der Waals surface area contributed by atoms with Gasteiger partial charge in [-0.25, -0.2) is 0 Å². The number of aliphatic carboxylic acids is 2. The van der Waals surface area contributed by atoms with Crippen LogP contribution >= 0.6 is 0 Å². The molecule has 0 radical (unpaired) electrons. The number of carboxylic acid groups (broad SMARTS) is 2. The van der Waals surface area contributed by atoms with E-state index in [1.807, 2.05) is 0 Å². The Hall–Kier alpha value is -1.84. The average molecular weight is 400 g/mol. The molecule has 2 atom stereocenters. The molecular formula is C18H20CaN2O6. The van der Waals surface area contributed by atoms with E-state index in [0.29, 0.717) is 0 Å². The molecule has 0 heterocycles. The van der Waals surface area contributed by atoms with Crippen LogP contribution in [0.25, 0.3) is 0 Å². The Morgan fingerprint density at radius 1 is 0.741 bits per heavy atom. The van der Waals surface area contributed by atoms with Gasteiger partial charge in [0.25, 0.3) is 0 Å². The van der Waals surface area contributed by atoms with E-state index >= 15 is 0 Å². The Morgan fingerprint density at radius 3 is 1.22 bits per heavy atom. The first-order valence-electron chi connectivity index (χ1n) is 7.67. The molecule has 0 aliphatic carbocycles. The zero-order valence-corrected chi connectivity index (χ0v) is 16.8. The number of rotatable bonds is 6. The van der Waals surface area contributed by atoms with Crippen LogP contribution in [0.3, 0.4) is 0 Å². The first kappa shape index (κ1) is 25.2. The smallest absolute Gasteiger partial charge is 0.548 e. The molecule has 2 rings (SSSR count). The Labute approximate surface area is 186 Å². The third-order valence-corrected chi connectivity index (χ3v) is 3.39. The number of carbonyl (C=O) groups excluding carboxylic acids is 2. The zero-order valence-electron chi connectivity index (χ0n) is 14.6. The molecule has 140 valence electrons. The van der Waals surface area contributed by atoms with Crippen LogP contribution in [-0.2, 0) is 22.4 Å². The fourth-order valence-corrected chi connectivity index (χ4v) is 1.94. The molecule has 0 bridgehead atoms. The Kier molecular flexibility index (Phi) is 11.7. The SMILES string of the molecule is N[C@@H](Cc1ccc(O)cc1)C(=O)[O-].N[C@@H](Cc1ccc(O)cc1)C(=O)[O-].[Ca+2]. The second kappa shape index (κ2) is 12.5. The van der Waals surface area contributed by atoms with E-state index in [1.165, 1.54) is 24.3 Å². The zero-order chi connectivity index (χ0) is 19.7. The maximum Gasteiger partial charge on any atom is 2.00 e. The van der Waals surface area contributed by atoms with Crippen LogP contribution in [0.2, 0.25) is 0 Å². The Morgan fingerprint density at radius 2 is 1.00 bits per heavy atom. The van der Waals surface area contributed by atoms with Crippen LogP contribution in [0.4, 0.5) is 0 Å². The van der Waals surface area contributed by atoms with Crippen molar-refractivity contribution >= 4 is 49.7 Å². The number of hydrogen-bond acceptors (Lipinski definition) is 8. The molecule has 0 fully saturated rings. The van der Waals surface area contributed by atoms with Gasteiger partial charge in [-0.2, -0.15) is 0 Å². The number of hydrogen-bond donors (Lipinski definition) is 4. The van der Waals surface area contributed by atoms with Crippen molar-refractivity contribution in [3.8, 4) is 11.5 Å². The van der Waals surface area contributed by atoms with Crippen molar-refractivity contribution in [1.29, 1.82) is 0 Å². The molecule has 0 aromatic heterocycles. The van der Waals surface area contributed by atoms with Gasteiger partial charge < -0.3 is 41.5 Å². The fourth-order valence-electron chi connectivity index (χ4n) is 1.94. The van der Waals surface area contributed by atoms with Gasteiger partial charge in [-0.3, -0.25) is 0 Å². The predicted molar refractivity (Wildman–Crippen MR) is 95.3 cm³/mol. The summed E-state index contributed by atoms with van der Waals surface area (Å²) < 4.78 is 0. The molecule has 0 unspecified atom stereocenters. The molecule has 9 heteroatoms. The van der Waals surface area contributed by atoms with Crippen LogP contribution in [0.15, 0.2) is 48.5 Å². The topological polar surface area (TPSA) is 173 Å². The maximum atomic E-state index is 10.3. The molecule has 2 aromatic rings. The van der Waals surface area contributed by atoms with Gasteiger partial charge in [0.1, 0.15) is 11.5 Å². The van der Waals surface area contributed by atoms with Gasteiger partial charge in [0, 0.05) is 12.1 Å². The van der Waals surface area contributed by atoms with E-state index in [-0.39, 0.29) is 62.1 Å². The van der Waals surface area contributed by atoms with Crippen LogP contribution in [0.1, 0.15) is 11.1 Å². The molecule has 6 N–H and O–H groups in total. The normalized spacial score (nSPS) is 11.9. The molecule has 0 saturated carbocycles. The van der Waals surface area contributed by atoms with Gasteiger partial charge >= 0.3 is 37.7 Å². The van der Waals surface area contributed by atoms with Gasteiger partial charge in [-0.15, -0.1) is 0 Å². The van der Waals surface area contributed by atoms with Crippen LogP contribution < -0.4 is 21.7 Å². The predicted octanol–water partition coefficient (Wildman–Crippen LogP) is -2.36. The Balaban J connectivity index is 0.000000483. The number of nitrogens with two attached hydrogens (primary N) is 2. The summed E-state index contributed by atoms with van der Waals surface area (Å²) >= 11 is 0. The number of carbonyl (C=O) groups is 2. The number of benzene rings is 2. The summed E-state index contributed by atoms with van der Waals surface area (Å²) in [6, 6.07) is 10.4. The molecule has 0 spiro atoms. The van der Waals surface area contributed by atoms with Gasteiger partial charge in [0.2, 0.25) is 0 Å². The summed E-state index contributed by atoms with van der Waals surface area (Å²) in [5, 5.41) is 38.5. The summed E-state index contributed by atoms with van der Waals surface area (Å²) in [6.07, 6.45) is 0.422. The van der Waals surface area contributed by atoms with E-state index in [1.54, 1.807) is 24.3 Å². The third kappa shape index (κ3) is 10.2. The molecular weight excluding hydrogens is 380 g/mol. The Bertz CT molecular complexity index is 658. The molecule has 0 saturated heterocycles. The van der Waals surface area contributed by atoms with Crippen LogP contribution in [0.5, 0.6) is 11.5 Å². The molecule has 0 aliphatic rings. The second-order valence-electron chi connectivity index (χ2n) is 5.59. The second-order valence-corrected chi connectivity index (χ2v) is 5.59. The van der Waals surface area contributed by atoms with Gasteiger partial charge in [0.05, 0.1) is 11.9 Å². The van der Waals surface area contributed by atoms with E-state index in [9.17, 15) is 19.8 Å². The average Bonchev–Trinajstić information content (AvgIpc) is 2.59. The first-order valence-corrected chi connectivity index (χ1v) is 7.67. The van der Waals surface area contributed by atoms with Crippen LogP contribution in [0, 0.1) is 0 Å². The van der Waals surface area contributed by atoms with Crippen molar-refractivity contribution in [2.45, 2.75) is 24.9 Å². The number of phenolic OH excluding ortho intramolecular Hbond substituents is 2. The minimum absolute atomic E-state index is 0. The van der Waals surface area contributed by atoms with Crippen molar-refractivity contribution in [3.63, 3.8) is 0 Å². The van der Waals surface area contributed by atoms with Crippen LogP contribution in [-0.4, -0.2) is 72.0 Å². The number of carboxylic acids is 2. The van der Waals surface area contributed by atoms with Gasteiger partial charge in [0.15, 0.2) is 0 Å². The summed E-state index contributed by atoms with van der Waals surface area (Å²) in [5.41, 5.74) is 12.0. The van der Waals surface area contributed by atoms with E-state index < -0.39 is 24.0 Å². The minimum Gasteiger partial charge on any atom is -0.548 e. The minimum atomic E-state index is -1.27. The molecule has 2 aromatic carbocycles. The van der Waals surface area contributed by atoms with Crippen molar-refractivity contribution < 1.29 is 30.0 Å². The van der Waals surface area contributed by atoms with Crippen molar-refractivity contribution in [3.05, 3.63) is 59.7 Å². The van der Waals surface area contributed by atoms with E-state index in [4.69, 9.17) is 21.7 Å². The van der Waals surface area contributed by atoms with Crippen molar-refractivity contribution in [2.24, 2.45) is 11.5 Å². The number of aromatic hydroxyl groups is 2. The first-order chi connectivity index (χ1) is 12.2.